The lowest BCUT2D eigenvalue weighted by atomic mass is 9.74. The fourth-order valence-electron chi connectivity index (χ4n) is 3.10. The van der Waals surface area contributed by atoms with E-state index in [4.69, 9.17) is 6.42 Å². The molecule has 1 spiro atoms. The normalized spacial score (nSPS) is 32.7. The van der Waals surface area contributed by atoms with E-state index in [0.717, 1.165) is 13.0 Å². The fourth-order valence-corrected chi connectivity index (χ4v) is 3.10. The van der Waals surface area contributed by atoms with Crippen LogP contribution in [-0.4, -0.2) is 37.6 Å². The second kappa shape index (κ2) is 5.01. The molecule has 0 aromatic rings. The standard InChI is InChI=1S/C13H22N2/c1-2-3-9-15-10-5-7-13(12-15)6-4-8-14-11-13/h1,14H,3-12H2. The van der Waals surface area contributed by atoms with Gasteiger partial charge in [0, 0.05) is 26.1 Å². The van der Waals surface area contributed by atoms with Gasteiger partial charge in [-0.3, -0.25) is 0 Å². The average Bonchev–Trinajstić information content (AvgIpc) is 2.28. The van der Waals surface area contributed by atoms with Gasteiger partial charge >= 0.3 is 0 Å². The van der Waals surface area contributed by atoms with Crippen molar-refractivity contribution in [2.45, 2.75) is 32.1 Å². The lowest BCUT2D eigenvalue weighted by Gasteiger charge is -2.45. The number of rotatable bonds is 2. The second-order valence-electron chi connectivity index (χ2n) is 5.11. The highest BCUT2D eigenvalue weighted by Crippen LogP contribution is 2.35. The Labute approximate surface area is 93.4 Å². The lowest BCUT2D eigenvalue weighted by molar-refractivity contribution is 0.0661. The second-order valence-corrected chi connectivity index (χ2v) is 5.11. The number of hydrogen-bond donors (Lipinski definition) is 1. The molecule has 2 aliphatic heterocycles. The van der Waals surface area contributed by atoms with E-state index in [2.05, 4.69) is 16.1 Å². The van der Waals surface area contributed by atoms with Gasteiger partial charge in [0.1, 0.15) is 0 Å². The van der Waals surface area contributed by atoms with Crippen molar-refractivity contribution in [3.8, 4) is 12.3 Å². The van der Waals surface area contributed by atoms with E-state index in [-0.39, 0.29) is 0 Å². The lowest BCUT2D eigenvalue weighted by Crippen LogP contribution is -2.51. The molecule has 2 nitrogen and oxygen atoms in total. The summed E-state index contributed by atoms with van der Waals surface area (Å²) in [6.45, 7) is 6.05. The quantitative estimate of drug-likeness (QED) is 0.688. The zero-order valence-corrected chi connectivity index (χ0v) is 9.60. The van der Waals surface area contributed by atoms with Gasteiger partial charge in [-0.1, -0.05) is 0 Å². The van der Waals surface area contributed by atoms with E-state index in [0.29, 0.717) is 5.41 Å². The first kappa shape index (κ1) is 11.0. The van der Waals surface area contributed by atoms with Crippen LogP contribution in [0.2, 0.25) is 0 Å². The van der Waals surface area contributed by atoms with Crippen molar-refractivity contribution in [2.75, 3.05) is 32.7 Å². The summed E-state index contributed by atoms with van der Waals surface area (Å²) in [7, 11) is 0. The Kier molecular flexibility index (Phi) is 3.66. The Morgan fingerprint density at radius 1 is 1.33 bits per heavy atom. The molecule has 0 bridgehead atoms. The third kappa shape index (κ3) is 2.74. The molecular weight excluding hydrogens is 184 g/mol. The van der Waals surface area contributed by atoms with Crippen LogP contribution in [0.3, 0.4) is 0 Å². The number of terminal acetylenes is 1. The summed E-state index contributed by atoms with van der Waals surface area (Å²) in [6.07, 6.45) is 11.8. The molecule has 1 unspecified atom stereocenters. The third-order valence-corrected chi connectivity index (χ3v) is 3.87. The van der Waals surface area contributed by atoms with E-state index in [1.807, 2.05) is 0 Å². The first-order chi connectivity index (χ1) is 7.35. The molecule has 15 heavy (non-hydrogen) atoms. The van der Waals surface area contributed by atoms with Crippen LogP contribution in [0, 0.1) is 17.8 Å². The molecule has 84 valence electrons. The SMILES string of the molecule is C#CCCN1CCCC2(CCCNC2)C1. The van der Waals surface area contributed by atoms with Gasteiger partial charge < -0.3 is 10.2 Å². The molecule has 2 heteroatoms. The van der Waals surface area contributed by atoms with Gasteiger partial charge in [-0.05, 0) is 44.2 Å². The van der Waals surface area contributed by atoms with E-state index >= 15 is 0 Å². The number of hydrogen-bond acceptors (Lipinski definition) is 2. The summed E-state index contributed by atoms with van der Waals surface area (Å²) in [5.41, 5.74) is 0.575. The van der Waals surface area contributed by atoms with Gasteiger partial charge in [0.05, 0.1) is 0 Å². The minimum Gasteiger partial charge on any atom is -0.316 e. The average molecular weight is 206 g/mol. The zero-order valence-electron chi connectivity index (χ0n) is 9.60. The first-order valence-electron chi connectivity index (χ1n) is 6.21. The molecule has 1 N–H and O–H groups in total. The molecule has 0 aromatic carbocycles. The van der Waals surface area contributed by atoms with Crippen molar-refractivity contribution in [2.24, 2.45) is 5.41 Å². The highest BCUT2D eigenvalue weighted by atomic mass is 15.1. The topological polar surface area (TPSA) is 15.3 Å². The minimum absolute atomic E-state index is 0.575. The molecule has 0 radical (unpaired) electrons. The molecule has 2 aliphatic rings. The van der Waals surface area contributed by atoms with Crippen molar-refractivity contribution in [3.63, 3.8) is 0 Å². The summed E-state index contributed by atoms with van der Waals surface area (Å²) in [5.74, 6) is 2.75. The van der Waals surface area contributed by atoms with E-state index in [1.165, 1.54) is 51.9 Å². The Hall–Kier alpha value is -0.520. The van der Waals surface area contributed by atoms with Crippen LogP contribution in [0.4, 0.5) is 0 Å². The highest BCUT2D eigenvalue weighted by Gasteiger charge is 2.35. The van der Waals surface area contributed by atoms with Crippen LogP contribution in [-0.2, 0) is 0 Å². The Morgan fingerprint density at radius 2 is 2.20 bits per heavy atom. The zero-order chi connectivity index (χ0) is 10.6. The number of nitrogens with zero attached hydrogens (tertiary/aromatic N) is 1. The van der Waals surface area contributed by atoms with Gasteiger partial charge in [0.2, 0.25) is 0 Å². The van der Waals surface area contributed by atoms with E-state index in [1.54, 1.807) is 0 Å². The number of nitrogens with one attached hydrogen (secondary N) is 1. The highest BCUT2D eigenvalue weighted by molar-refractivity contribution is 4.93. The molecule has 2 fully saturated rings. The maximum absolute atomic E-state index is 5.33. The molecule has 1 atom stereocenters. The molecule has 2 rings (SSSR count). The maximum Gasteiger partial charge on any atom is 0.0214 e. The summed E-state index contributed by atoms with van der Waals surface area (Å²) in [5, 5.41) is 3.55. The number of likely N-dealkylation sites (tertiary alicyclic amines) is 1. The number of piperidine rings is 2. The molecule has 0 aromatic heterocycles. The predicted molar refractivity (Wildman–Crippen MR) is 63.7 cm³/mol. The van der Waals surface area contributed by atoms with Gasteiger partial charge in [-0.15, -0.1) is 12.3 Å². The summed E-state index contributed by atoms with van der Waals surface area (Å²) >= 11 is 0. The van der Waals surface area contributed by atoms with Crippen LogP contribution >= 0.6 is 0 Å². The molecule has 2 heterocycles. The van der Waals surface area contributed by atoms with E-state index < -0.39 is 0 Å². The van der Waals surface area contributed by atoms with Crippen molar-refractivity contribution < 1.29 is 0 Å². The molecule has 0 saturated carbocycles. The monoisotopic (exact) mass is 206 g/mol. The maximum atomic E-state index is 5.33. The van der Waals surface area contributed by atoms with Crippen molar-refractivity contribution in [3.05, 3.63) is 0 Å². The Bertz CT molecular complexity index is 230. The van der Waals surface area contributed by atoms with Crippen LogP contribution in [0.15, 0.2) is 0 Å². The Balaban J connectivity index is 1.88. The van der Waals surface area contributed by atoms with Crippen molar-refractivity contribution in [1.82, 2.24) is 10.2 Å². The summed E-state index contributed by atoms with van der Waals surface area (Å²) in [4.78, 5) is 2.57. The van der Waals surface area contributed by atoms with Crippen LogP contribution < -0.4 is 5.32 Å². The third-order valence-electron chi connectivity index (χ3n) is 3.87. The fraction of sp³-hybridized carbons (Fsp3) is 0.846. The smallest absolute Gasteiger partial charge is 0.0214 e. The van der Waals surface area contributed by atoms with Gasteiger partial charge in [-0.2, -0.15) is 0 Å². The van der Waals surface area contributed by atoms with Crippen LogP contribution in [0.1, 0.15) is 32.1 Å². The molecule has 0 aliphatic carbocycles. The molecule has 0 amide bonds. The summed E-state index contributed by atoms with van der Waals surface area (Å²) < 4.78 is 0. The van der Waals surface area contributed by atoms with Crippen LogP contribution in [0.25, 0.3) is 0 Å². The molecular formula is C13H22N2. The molecule has 2 saturated heterocycles. The predicted octanol–water partition coefficient (Wildman–Crippen LogP) is 1.48. The Morgan fingerprint density at radius 3 is 2.93 bits per heavy atom. The van der Waals surface area contributed by atoms with Crippen molar-refractivity contribution >= 4 is 0 Å². The largest absolute Gasteiger partial charge is 0.316 e. The minimum atomic E-state index is 0.575. The first-order valence-corrected chi connectivity index (χ1v) is 6.21. The van der Waals surface area contributed by atoms with Crippen LogP contribution in [0.5, 0.6) is 0 Å². The van der Waals surface area contributed by atoms with E-state index in [9.17, 15) is 0 Å². The van der Waals surface area contributed by atoms with Crippen molar-refractivity contribution in [1.29, 1.82) is 0 Å². The van der Waals surface area contributed by atoms with Gasteiger partial charge in [0.25, 0.3) is 0 Å². The summed E-state index contributed by atoms with van der Waals surface area (Å²) in [6, 6.07) is 0. The van der Waals surface area contributed by atoms with Gasteiger partial charge in [0.15, 0.2) is 0 Å². The van der Waals surface area contributed by atoms with Gasteiger partial charge in [-0.25, -0.2) is 0 Å².